The molecule has 0 bridgehead atoms. The molecule has 0 spiro atoms. The number of carbonyl (C=O) groups excluding carboxylic acids is 1. The molecule has 1 aliphatic rings. The van der Waals surface area contributed by atoms with Crippen LogP contribution in [0.3, 0.4) is 0 Å². The second kappa shape index (κ2) is 14.3. The number of carbonyl (C=O) groups is 1. The van der Waals surface area contributed by atoms with Gasteiger partial charge < -0.3 is 25.2 Å². The summed E-state index contributed by atoms with van der Waals surface area (Å²) < 4.78 is 5.84. The Balaban J connectivity index is 0.00000267. The second-order valence-electron chi connectivity index (χ2n) is 10.2. The third-order valence-corrected chi connectivity index (χ3v) is 6.89. The van der Waals surface area contributed by atoms with E-state index in [1.165, 1.54) is 6.07 Å². The number of phenolic OH excluding ortho intramolecular Hbond substituents is 2. The van der Waals surface area contributed by atoms with Crippen molar-refractivity contribution in [1.29, 1.82) is 0 Å². The lowest BCUT2D eigenvalue weighted by atomic mass is 10.0. The van der Waals surface area contributed by atoms with E-state index in [4.69, 9.17) is 4.74 Å². The Labute approximate surface area is 243 Å². The van der Waals surface area contributed by atoms with Crippen LogP contribution in [0.1, 0.15) is 36.7 Å². The summed E-state index contributed by atoms with van der Waals surface area (Å²) in [5.74, 6) is 1.22. The molecule has 1 amide bonds. The number of nitrogens with zero attached hydrogens (tertiary/aromatic N) is 2. The van der Waals surface area contributed by atoms with Crippen molar-refractivity contribution in [3.63, 3.8) is 0 Å². The standard InChI is InChI=1S/C30H37N3O4.2ClH/c1-20(2)28(19-32-13-14-33(22(4)18-32)23-8-6-9-24(34)16-23)31-30(36)27-12-11-26(17-29(27)35)37-25-10-5-7-21(3)15-25;;/h5-12,15-17,20,22,28,34-35H,13-14,18-19H2,1-4H3,(H,31,36);2*1H/t22-,28+;;/m0../s1. The van der Waals surface area contributed by atoms with Gasteiger partial charge in [-0.1, -0.05) is 32.0 Å². The maximum absolute atomic E-state index is 13.1. The lowest BCUT2D eigenvalue weighted by Gasteiger charge is -2.42. The minimum absolute atomic E-state index is 0. The highest BCUT2D eigenvalue weighted by atomic mass is 35.5. The van der Waals surface area contributed by atoms with Gasteiger partial charge in [-0.3, -0.25) is 9.69 Å². The SMILES string of the molecule is Cc1cccc(Oc2ccc(C(=O)N[C@H](CN3CCN(c4cccc(O)c4)[C@@H](C)C3)C(C)C)c(O)c2)c1.Cl.Cl. The molecule has 0 aliphatic carbocycles. The van der Waals surface area contributed by atoms with E-state index in [-0.39, 0.29) is 65.8 Å². The molecule has 1 aliphatic heterocycles. The lowest BCUT2D eigenvalue weighted by molar-refractivity contribution is 0.0900. The van der Waals surface area contributed by atoms with Crippen LogP contribution in [0.25, 0.3) is 0 Å². The van der Waals surface area contributed by atoms with Crippen molar-refractivity contribution < 1.29 is 19.7 Å². The summed E-state index contributed by atoms with van der Waals surface area (Å²) in [4.78, 5) is 17.8. The van der Waals surface area contributed by atoms with Crippen molar-refractivity contribution in [2.45, 2.75) is 39.8 Å². The number of benzene rings is 3. The Morgan fingerprint density at radius 1 is 1.00 bits per heavy atom. The highest BCUT2D eigenvalue weighted by Crippen LogP contribution is 2.29. The largest absolute Gasteiger partial charge is 0.508 e. The normalized spacial score (nSPS) is 16.1. The molecule has 4 rings (SSSR count). The summed E-state index contributed by atoms with van der Waals surface area (Å²) >= 11 is 0. The van der Waals surface area contributed by atoms with Crippen molar-refractivity contribution in [1.82, 2.24) is 10.2 Å². The zero-order chi connectivity index (χ0) is 26.5. The van der Waals surface area contributed by atoms with Gasteiger partial charge in [0.15, 0.2) is 0 Å². The topological polar surface area (TPSA) is 85.3 Å². The molecule has 0 saturated carbocycles. The van der Waals surface area contributed by atoms with Gasteiger partial charge in [0.05, 0.1) is 5.56 Å². The Kier molecular flexibility index (Phi) is 11.8. The van der Waals surface area contributed by atoms with Crippen LogP contribution in [-0.2, 0) is 0 Å². The molecule has 1 heterocycles. The summed E-state index contributed by atoms with van der Waals surface area (Å²) in [5.41, 5.74) is 2.32. The highest BCUT2D eigenvalue weighted by Gasteiger charge is 2.28. The first kappa shape index (κ1) is 32.1. The molecule has 0 unspecified atom stereocenters. The van der Waals surface area contributed by atoms with E-state index in [9.17, 15) is 15.0 Å². The number of ether oxygens (including phenoxy) is 1. The number of phenols is 2. The summed E-state index contributed by atoms with van der Waals surface area (Å²) in [6, 6.07) is 20.0. The minimum Gasteiger partial charge on any atom is -0.508 e. The van der Waals surface area contributed by atoms with Gasteiger partial charge >= 0.3 is 0 Å². The van der Waals surface area contributed by atoms with Crippen molar-refractivity contribution >= 4 is 36.4 Å². The van der Waals surface area contributed by atoms with Crippen LogP contribution in [0.2, 0.25) is 0 Å². The number of hydrogen-bond acceptors (Lipinski definition) is 6. The molecule has 7 nitrogen and oxygen atoms in total. The number of anilines is 1. The zero-order valence-electron chi connectivity index (χ0n) is 22.8. The van der Waals surface area contributed by atoms with Crippen LogP contribution in [0.15, 0.2) is 66.7 Å². The average Bonchev–Trinajstić information content (AvgIpc) is 2.83. The molecule has 2 atom stereocenters. The molecule has 3 aromatic rings. The molecule has 1 saturated heterocycles. The van der Waals surface area contributed by atoms with Gasteiger partial charge in [0, 0.05) is 56.1 Å². The van der Waals surface area contributed by atoms with Crippen molar-refractivity contribution in [3.8, 4) is 23.0 Å². The number of amides is 1. The number of nitrogens with one attached hydrogen (secondary N) is 1. The molecule has 0 aromatic heterocycles. The number of halogens is 2. The Morgan fingerprint density at radius 3 is 2.36 bits per heavy atom. The summed E-state index contributed by atoms with van der Waals surface area (Å²) in [5, 5.41) is 23.6. The molecular formula is C30H39Cl2N3O4. The van der Waals surface area contributed by atoms with Crippen LogP contribution in [0, 0.1) is 12.8 Å². The molecule has 39 heavy (non-hydrogen) atoms. The van der Waals surface area contributed by atoms with Gasteiger partial charge in [-0.15, -0.1) is 24.8 Å². The first-order chi connectivity index (χ1) is 17.7. The first-order valence-corrected chi connectivity index (χ1v) is 12.9. The molecule has 1 fully saturated rings. The summed E-state index contributed by atoms with van der Waals surface area (Å²) in [6.07, 6.45) is 0. The molecule has 0 radical (unpaired) electrons. The average molecular weight is 577 g/mol. The van der Waals surface area contributed by atoms with Gasteiger partial charge in [0.2, 0.25) is 0 Å². The molecule has 3 aromatic carbocycles. The van der Waals surface area contributed by atoms with E-state index >= 15 is 0 Å². The van der Waals surface area contributed by atoms with Gasteiger partial charge in [0.25, 0.3) is 5.91 Å². The fraction of sp³-hybridized carbons (Fsp3) is 0.367. The third kappa shape index (κ3) is 8.43. The molecular weight excluding hydrogens is 537 g/mol. The van der Waals surface area contributed by atoms with Gasteiger partial charge in [-0.25, -0.2) is 0 Å². The van der Waals surface area contributed by atoms with Crippen LogP contribution in [-0.4, -0.2) is 59.3 Å². The Hall–Kier alpha value is -3.13. The van der Waals surface area contributed by atoms with Crippen LogP contribution < -0.4 is 15.0 Å². The number of aromatic hydroxyl groups is 2. The van der Waals surface area contributed by atoms with Crippen LogP contribution >= 0.6 is 24.8 Å². The number of hydrogen-bond donors (Lipinski definition) is 3. The van der Waals surface area contributed by atoms with E-state index in [1.807, 2.05) is 43.3 Å². The molecule has 212 valence electrons. The Bertz CT molecular complexity index is 1240. The van der Waals surface area contributed by atoms with E-state index in [2.05, 4.69) is 35.9 Å². The first-order valence-electron chi connectivity index (χ1n) is 12.9. The molecule has 9 heteroatoms. The van der Waals surface area contributed by atoms with E-state index < -0.39 is 0 Å². The predicted molar refractivity (Wildman–Crippen MR) is 161 cm³/mol. The molecule has 3 N–H and O–H groups in total. The fourth-order valence-electron chi connectivity index (χ4n) is 4.78. The summed E-state index contributed by atoms with van der Waals surface area (Å²) in [7, 11) is 0. The lowest BCUT2D eigenvalue weighted by Crippen LogP contribution is -2.56. The van der Waals surface area contributed by atoms with E-state index in [1.54, 1.807) is 24.3 Å². The van der Waals surface area contributed by atoms with E-state index in [0.29, 0.717) is 11.5 Å². The van der Waals surface area contributed by atoms with Crippen LogP contribution in [0.5, 0.6) is 23.0 Å². The van der Waals surface area contributed by atoms with Crippen molar-refractivity contribution in [3.05, 3.63) is 77.9 Å². The number of rotatable bonds is 8. The number of piperazine rings is 1. The van der Waals surface area contributed by atoms with E-state index in [0.717, 1.165) is 37.4 Å². The second-order valence-corrected chi connectivity index (χ2v) is 10.2. The number of aryl methyl sites for hydroxylation is 1. The predicted octanol–water partition coefficient (Wildman–Crippen LogP) is 6.01. The van der Waals surface area contributed by atoms with Crippen molar-refractivity contribution in [2.24, 2.45) is 5.92 Å². The van der Waals surface area contributed by atoms with Crippen molar-refractivity contribution in [2.75, 3.05) is 31.1 Å². The quantitative estimate of drug-likeness (QED) is 0.305. The minimum atomic E-state index is -0.301. The summed E-state index contributed by atoms with van der Waals surface area (Å²) in [6.45, 7) is 11.6. The highest BCUT2D eigenvalue weighted by molar-refractivity contribution is 5.97. The maximum atomic E-state index is 13.1. The zero-order valence-corrected chi connectivity index (χ0v) is 24.5. The fourth-order valence-corrected chi connectivity index (χ4v) is 4.78. The van der Waals surface area contributed by atoms with Gasteiger partial charge in [0.1, 0.15) is 23.0 Å². The monoisotopic (exact) mass is 575 g/mol. The van der Waals surface area contributed by atoms with Crippen LogP contribution in [0.4, 0.5) is 5.69 Å². The van der Waals surface area contributed by atoms with Gasteiger partial charge in [-0.05, 0) is 61.7 Å². The smallest absolute Gasteiger partial charge is 0.255 e. The third-order valence-electron chi connectivity index (χ3n) is 6.89. The van der Waals surface area contributed by atoms with Gasteiger partial charge in [-0.2, -0.15) is 0 Å². The maximum Gasteiger partial charge on any atom is 0.255 e. The Morgan fingerprint density at radius 2 is 1.72 bits per heavy atom.